The van der Waals surface area contributed by atoms with E-state index >= 15 is 0 Å². The smallest absolute Gasteiger partial charge is 0.338 e. The lowest BCUT2D eigenvalue weighted by Gasteiger charge is -2.30. The number of ether oxygens (including phenoxy) is 2. The second-order valence-electron chi connectivity index (χ2n) is 8.19. The largest absolute Gasteiger partial charge is 0.504 e. The van der Waals surface area contributed by atoms with E-state index in [-0.39, 0.29) is 24.2 Å². The number of anilines is 1. The zero-order valence-corrected chi connectivity index (χ0v) is 21.8. The molecule has 1 saturated heterocycles. The summed E-state index contributed by atoms with van der Waals surface area (Å²) in [6, 6.07) is 11.3. The Bertz CT molecular complexity index is 1410. The SMILES string of the molecule is CCOC(=O)c1ccc(N2C(=O)C3Sc4[nH]c(=S)sc4C(c4ccc(O)c(OCC)c4)C3C2=O)cc1. The third kappa shape index (κ3) is 4.10. The molecule has 2 aliphatic heterocycles. The molecule has 1 aromatic heterocycles. The summed E-state index contributed by atoms with van der Waals surface area (Å²) < 4.78 is 11.2. The maximum Gasteiger partial charge on any atom is 0.338 e. The molecule has 3 unspecified atom stereocenters. The first-order valence-electron chi connectivity index (χ1n) is 11.3. The molecule has 1 fully saturated rings. The molecule has 0 aliphatic carbocycles. The minimum atomic E-state index is -0.680. The van der Waals surface area contributed by atoms with Crippen molar-refractivity contribution in [2.24, 2.45) is 5.92 Å². The van der Waals surface area contributed by atoms with E-state index in [1.807, 2.05) is 6.92 Å². The molecule has 3 atom stereocenters. The van der Waals surface area contributed by atoms with Gasteiger partial charge in [-0.05, 0) is 68.0 Å². The van der Waals surface area contributed by atoms with Gasteiger partial charge in [-0.15, -0.1) is 11.3 Å². The number of carbonyl (C=O) groups excluding carboxylic acids is 3. The summed E-state index contributed by atoms with van der Waals surface area (Å²) in [7, 11) is 0. The number of phenolic OH excluding ortho intramolecular Hbond substituents is 1. The fourth-order valence-corrected chi connectivity index (χ4v) is 7.55. The number of aromatic hydroxyl groups is 1. The highest BCUT2D eigenvalue weighted by atomic mass is 32.2. The van der Waals surface area contributed by atoms with Gasteiger partial charge in [-0.2, -0.15) is 0 Å². The van der Waals surface area contributed by atoms with Gasteiger partial charge >= 0.3 is 5.97 Å². The van der Waals surface area contributed by atoms with Gasteiger partial charge in [0.15, 0.2) is 15.5 Å². The van der Waals surface area contributed by atoms with Gasteiger partial charge in [0, 0.05) is 10.8 Å². The van der Waals surface area contributed by atoms with Crippen LogP contribution in [0.2, 0.25) is 0 Å². The summed E-state index contributed by atoms with van der Waals surface area (Å²) in [5.74, 6) is -1.95. The van der Waals surface area contributed by atoms with Gasteiger partial charge in [0.2, 0.25) is 11.8 Å². The Labute approximate surface area is 220 Å². The molecule has 8 nitrogen and oxygen atoms in total. The zero-order chi connectivity index (χ0) is 25.6. The molecule has 0 radical (unpaired) electrons. The fourth-order valence-electron chi connectivity index (χ4n) is 4.59. The second-order valence-corrected chi connectivity index (χ2v) is 11.1. The van der Waals surface area contributed by atoms with Crippen LogP contribution in [0.4, 0.5) is 5.69 Å². The fraction of sp³-hybridized carbons (Fsp3) is 0.280. The van der Waals surface area contributed by atoms with Crippen LogP contribution in [0.3, 0.4) is 0 Å². The molecular weight excluding hydrogens is 520 g/mol. The monoisotopic (exact) mass is 542 g/mol. The summed E-state index contributed by atoms with van der Waals surface area (Å²) in [4.78, 5) is 44.7. The van der Waals surface area contributed by atoms with Crippen molar-refractivity contribution in [2.75, 3.05) is 18.1 Å². The van der Waals surface area contributed by atoms with E-state index in [1.165, 1.54) is 34.1 Å². The normalized spacial score (nSPS) is 20.7. The lowest BCUT2D eigenvalue weighted by atomic mass is 9.83. The number of aromatic nitrogens is 1. The third-order valence-electron chi connectivity index (χ3n) is 6.10. The van der Waals surface area contributed by atoms with E-state index in [4.69, 9.17) is 21.7 Å². The maximum atomic E-state index is 13.8. The van der Waals surface area contributed by atoms with Crippen LogP contribution in [0.15, 0.2) is 47.5 Å². The lowest BCUT2D eigenvalue weighted by Crippen LogP contribution is -2.32. The molecule has 2 amide bonds. The van der Waals surface area contributed by atoms with Gasteiger partial charge in [-0.3, -0.25) is 9.59 Å². The zero-order valence-electron chi connectivity index (χ0n) is 19.3. The Morgan fingerprint density at radius 2 is 1.86 bits per heavy atom. The van der Waals surface area contributed by atoms with Gasteiger partial charge < -0.3 is 19.6 Å². The molecule has 2 N–H and O–H groups in total. The van der Waals surface area contributed by atoms with Crippen LogP contribution in [0.1, 0.15) is 40.6 Å². The van der Waals surface area contributed by atoms with E-state index in [0.29, 0.717) is 27.6 Å². The number of hydrogen-bond donors (Lipinski definition) is 2. The molecule has 186 valence electrons. The number of carbonyl (C=O) groups is 3. The van der Waals surface area contributed by atoms with Crippen molar-refractivity contribution in [3.63, 3.8) is 0 Å². The minimum absolute atomic E-state index is 0.00130. The number of benzene rings is 2. The number of aromatic amines is 1. The molecule has 2 aromatic carbocycles. The van der Waals surface area contributed by atoms with E-state index < -0.39 is 23.1 Å². The van der Waals surface area contributed by atoms with Crippen LogP contribution >= 0.6 is 35.3 Å². The van der Waals surface area contributed by atoms with Crippen molar-refractivity contribution in [3.8, 4) is 11.5 Å². The number of esters is 1. The number of rotatable bonds is 6. The summed E-state index contributed by atoms with van der Waals surface area (Å²) >= 11 is 8.07. The van der Waals surface area contributed by atoms with Crippen LogP contribution in [0.25, 0.3) is 0 Å². The first-order valence-corrected chi connectivity index (χ1v) is 13.4. The molecule has 0 saturated carbocycles. The van der Waals surface area contributed by atoms with Crippen molar-refractivity contribution < 1.29 is 29.0 Å². The predicted molar refractivity (Wildman–Crippen MR) is 139 cm³/mol. The van der Waals surface area contributed by atoms with Crippen LogP contribution in [-0.2, 0) is 14.3 Å². The van der Waals surface area contributed by atoms with E-state index in [1.54, 1.807) is 43.3 Å². The van der Waals surface area contributed by atoms with Crippen molar-refractivity contribution in [1.82, 2.24) is 4.98 Å². The van der Waals surface area contributed by atoms with E-state index in [9.17, 15) is 19.5 Å². The molecule has 36 heavy (non-hydrogen) atoms. The number of phenols is 1. The van der Waals surface area contributed by atoms with Gasteiger partial charge in [-0.1, -0.05) is 17.8 Å². The summed E-state index contributed by atoms with van der Waals surface area (Å²) in [5, 5.41) is 10.3. The van der Waals surface area contributed by atoms with Crippen LogP contribution in [0, 0.1) is 9.87 Å². The first kappa shape index (κ1) is 24.5. The first-order chi connectivity index (χ1) is 17.3. The lowest BCUT2D eigenvalue weighted by molar-refractivity contribution is -0.122. The van der Waals surface area contributed by atoms with E-state index in [0.717, 1.165) is 15.5 Å². The minimum Gasteiger partial charge on any atom is -0.504 e. The number of H-pyrrole nitrogens is 1. The summed E-state index contributed by atoms with van der Waals surface area (Å²) in [5.41, 5.74) is 1.48. The van der Waals surface area contributed by atoms with Crippen LogP contribution in [0.5, 0.6) is 11.5 Å². The number of fused-ring (bicyclic) bond motifs is 2. The number of thiazole rings is 1. The Hall–Kier alpha value is -3.15. The molecular formula is C25H22N2O6S3. The van der Waals surface area contributed by atoms with Gasteiger partial charge in [0.25, 0.3) is 0 Å². The third-order valence-corrected chi connectivity index (χ3v) is 8.86. The van der Waals surface area contributed by atoms with Crippen molar-refractivity contribution in [2.45, 2.75) is 30.0 Å². The number of nitrogens with one attached hydrogen (secondary N) is 1. The number of thioether (sulfide) groups is 1. The summed E-state index contributed by atoms with van der Waals surface area (Å²) in [6.07, 6.45) is 0. The Kier molecular flexibility index (Phi) is 6.62. The molecule has 5 rings (SSSR count). The maximum absolute atomic E-state index is 13.8. The van der Waals surface area contributed by atoms with Crippen LogP contribution < -0.4 is 9.64 Å². The average Bonchev–Trinajstić information content (AvgIpc) is 3.35. The number of imide groups is 1. The molecule has 0 spiro atoms. The van der Waals surface area contributed by atoms with Crippen molar-refractivity contribution >= 4 is 58.8 Å². The van der Waals surface area contributed by atoms with Gasteiger partial charge in [0.1, 0.15) is 5.25 Å². The molecule has 0 bridgehead atoms. The molecule has 3 heterocycles. The molecule has 2 aliphatic rings. The van der Waals surface area contributed by atoms with E-state index in [2.05, 4.69) is 4.98 Å². The van der Waals surface area contributed by atoms with Gasteiger partial charge in [0.05, 0.1) is 35.4 Å². The van der Waals surface area contributed by atoms with Crippen molar-refractivity contribution in [3.05, 3.63) is 62.4 Å². The van der Waals surface area contributed by atoms with Crippen LogP contribution in [-0.4, -0.2) is 46.3 Å². The molecule has 11 heteroatoms. The quantitative estimate of drug-likeness (QED) is 0.258. The number of hydrogen-bond acceptors (Lipinski definition) is 9. The average molecular weight is 543 g/mol. The Balaban J connectivity index is 1.56. The Morgan fingerprint density at radius 3 is 2.56 bits per heavy atom. The standard InChI is InChI=1S/C25H22N2O6S3/c1-3-32-16-11-13(7-10-15(16)28)17-18-20(35-21-19(17)36-25(34)26-21)23(30)27(22(18)29)14-8-5-12(6-9-14)24(31)33-4-2/h5-11,17-18,20,28H,3-4H2,1-2H3,(H,26,34). The summed E-state index contributed by atoms with van der Waals surface area (Å²) in [6.45, 7) is 4.16. The predicted octanol–water partition coefficient (Wildman–Crippen LogP) is 4.88. The molecule has 3 aromatic rings. The Morgan fingerprint density at radius 1 is 1.11 bits per heavy atom. The highest BCUT2D eigenvalue weighted by Crippen LogP contribution is 2.54. The number of nitrogens with zero attached hydrogens (tertiary/aromatic N) is 1. The van der Waals surface area contributed by atoms with Gasteiger partial charge in [-0.25, -0.2) is 9.69 Å². The number of amides is 2. The van der Waals surface area contributed by atoms with Crippen molar-refractivity contribution in [1.29, 1.82) is 0 Å². The topological polar surface area (TPSA) is 109 Å². The second kappa shape index (κ2) is 9.72. The highest BCUT2D eigenvalue weighted by Gasteiger charge is 2.56. The highest BCUT2D eigenvalue weighted by molar-refractivity contribution is 8.01.